The minimum atomic E-state index is -4.41. The molecule has 3 nitrogen and oxygen atoms in total. The maximum absolute atomic E-state index is 13.0. The van der Waals surface area contributed by atoms with Gasteiger partial charge in [0.2, 0.25) is 0 Å². The van der Waals surface area contributed by atoms with Crippen LogP contribution in [0.15, 0.2) is 72.8 Å². The number of halogens is 3. The summed E-state index contributed by atoms with van der Waals surface area (Å²) in [6.07, 6.45) is -3.83. The predicted octanol–water partition coefficient (Wildman–Crippen LogP) is 6.42. The Balaban J connectivity index is 1.72. The van der Waals surface area contributed by atoms with E-state index in [9.17, 15) is 23.4 Å². The molecule has 0 unspecified atom stereocenters. The highest BCUT2D eigenvalue weighted by molar-refractivity contribution is 5.88. The number of hydrogen-bond donors (Lipinski definition) is 2. The van der Waals surface area contributed by atoms with E-state index in [0.29, 0.717) is 28.9 Å². The molecule has 0 atom stereocenters. The summed E-state index contributed by atoms with van der Waals surface area (Å²) in [5, 5.41) is 20.1. The van der Waals surface area contributed by atoms with Crippen LogP contribution >= 0.6 is 0 Å². The minimum Gasteiger partial charge on any atom is -0.508 e. The number of rotatable bonds is 2. The van der Waals surface area contributed by atoms with Crippen molar-refractivity contribution in [3.8, 4) is 45.1 Å². The van der Waals surface area contributed by atoms with Crippen LogP contribution in [-0.4, -0.2) is 15.2 Å². The van der Waals surface area contributed by atoms with Gasteiger partial charge in [-0.05, 0) is 58.7 Å². The molecule has 6 heteroatoms. The highest BCUT2D eigenvalue weighted by atomic mass is 19.4. The molecule has 0 spiro atoms. The smallest absolute Gasteiger partial charge is 0.416 e. The summed E-state index contributed by atoms with van der Waals surface area (Å²) in [6, 6.07) is 18.8. The fourth-order valence-electron chi connectivity index (χ4n) is 4.03. The maximum Gasteiger partial charge on any atom is 0.416 e. The van der Waals surface area contributed by atoms with Gasteiger partial charge in [-0.1, -0.05) is 36.4 Å². The van der Waals surface area contributed by atoms with E-state index in [1.165, 1.54) is 12.1 Å². The zero-order valence-corrected chi connectivity index (χ0v) is 16.1. The molecule has 0 fully saturated rings. The fourth-order valence-corrected chi connectivity index (χ4v) is 4.03. The second-order valence-corrected chi connectivity index (χ2v) is 7.49. The molecule has 0 saturated carbocycles. The molecule has 0 saturated heterocycles. The number of phenols is 2. The number of fused-ring (bicyclic) bond motifs is 3. The molecule has 0 radical (unpaired) electrons. The number of phenolic OH excluding ortho intramolecular Hbond substituents is 2. The maximum atomic E-state index is 13.0. The lowest BCUT2D eigenvalue weighted by atomic mass is 9.96. The largest absolute Gasteiger partial charge is 0.508 e. The van der Waals surface area contributed by atoms with Crippen LogP contribution in [0, 0.1) is 0 Å². The highest BCUT2D eigenvalue weighted by Gasteiger charge is 2.30. The molecular weight excluding hydrogens is 403 g/mol. The average Bonchev–Trinajstić information content (AvgIpc) is 3.13. The Morgan fingerprint density at radius 2 is 1.48 bits per heavy atom. The fraction of sp³-hybridized carbons (Fsp3) is 0.0800. The van der Waals surface area contributed by atoms with Crippen molar-refractivity contribution in [2.45, 2.75) is 12.6 Å². The summed E-state index contributed by atoms with van der Waals surface area (Å²) in [6.45, 7) is 0. The van der Waals surface area contributed by atoms with Crippen LogP contribution in [0.5, 0.6) is 11.5 Å². The lowest BCUT2D eigenvalue weighted by molar-refractivity contribution is -0.137. The summed E-state index contributed by atoms with van der Waals surface area (Å²) < 4.78 is 38.9. The van der Waals surface area contributed by atoms with Crippen molar-refractivity contribution in [3.63, 3.8) is 0 Å². The number of hydrogen-bond acceptors (Lipinski definition) is 3. The van der Waals surface area contributed by atoms with E-state index in [2.05, 4.69) is 0 Å². The van der Waals surface area contributed by atoms with Crippen molar-refractivity contribution in [1.29, 1.82) is 0 Å². The zero-order chi connectivity index (χ0) is 21.8. The third-order valence-corrected chi connectivity index (χ3v) is 5.54. The molecule has 4 aromatic rings. The first-order chi connectivity index (χ1) is 14.8. The van der Waals surface area contributed by atoms with Crippen molar-refractivity contribution in [1.82, 2.24) is 4.98 Å². The predicted molar refractivity (Wildman–Crippen MR) is 112 cm³/mol. The molecule has 31 heavy (non-hydrogen) atoms. The second kappa shape index (κ2) is 6.87. The van der Waals surface area contributed by atoms with E-state index in [1.807, 2.05) is 12.1 Å². The summed E-state index contributed by atoms with van der Waals surface area (Å²) >= 11 is 0. The normalized spacial score (nSPS) is 12.5. The number of nitrogens with zero attached hydrogens (tertiary/aromatic N) is 1. The molecule has 1 aliphatic rings. The number of alkyl halides is 3. The van der Waals surface area contributed by atoms with Gasteiger partial charge in [-0.3, -0.25) is 0 Å². The molecule has 5 rings (SSSR count). The molecule has 0 amide bonds. The molecule has 3 aromatic carbocycles. The van der Waals surface area contributed by atoms with Crippen LogP contribution in [0.3, 0.4) is 0 Å². The number of aromatic hydroxyl groups is 2. The van der Waals surface area contributed by atoms with Gasteiger partial charge in [0, 0.05) is 17.5 Å². The standard InChI is InChI=1S/C25H16F3NO2/c26-25(27,28)17-8-4-15(5-9-17)21-13-19(14-6-10-18(30)11-7-14)20-12-16-2-1-3-22(31)23(16)24(20)29-21/h1-11,13,30-31H,12H2. The van der Waals surface area contributed by atoms with Crippen LogP contribution in [0.2, 0.25) is 0 Å². The topological polar surface area (TPSA) is 53.4 Å². The van der Waals surface area contributed by atoms with Gasteiger partial charge < -0.3 is 10.2 Å². The van der Waals surface area contributed by atoms with E-state index in [-0.39, 0.29) is 11.5 Å². The van der Waals surface area contributed by atoms with Crippen LogP contribution in [0.25, 0.3) is 33.6 Å². The highest BCUT2D eigenvalue weighted by Crippen LogP contribution is 2.46. The molecule has 0 bridgehead atoms. The van der Waals surface area contributed by atoms with E-state index in [0.717, 1.165) is 34.4 Å². The van der Waals surface area contributed by atoms with Crippen molar-refractivity contribution in [2.24, 2.45) is 0 Å². The molecule has 2 N–H and O–H groups in total. The summed E-state index contributed by atoms with van der Waals surface area (Å²) in [5.41, 5.74) is 5.16. The summed E-state index contributed by atoms with van der Waals surface area (Å²) in [7, 11) is 0. The Kier molecular flexibility index (Phi) is 4.25. The minimum absolute atomic E-state index is 0.116. The SMILES string of the molecule is Oc1ccc(-c2cc(-c3ccc(C(F)(F)F)cc3)nc3c2Cc2cccc(O)c2-3)cc1. The third-order valence-electron chi connectivity index (χ3n) is 5.54. The van der Waals surface area contributed by atoms with E-state index in [4.69, 9.17) is 4.98 Å². The Morgan fingerprint density at radius 1 is 0.806 bits per heavy atom. The van der Waals surface area contributed by atoms with Crippen molar-refractivity contribution >= 4 is 0 Å². The summed E-state index contributed by atoms with van der Waals surface area (Å²) in [5.74, 6) is 0.253. The van der Waals surface area contributed by atoms with Crippen molar-refractivity contribution in [2.75, 3.05) is 0 Å². The number of aromatic nitrogens is 1. The quantitative estimate of drug-likeness (QED) is 0.347. The molecule has 154 valence electrons. The lowest BCUT2D eigenvalue weighted by Crippen LogP contribution is -2.04. The van der Waals surface area contributed by atoms with Crippen molar-refractivity contribution in [3.05, 3.63) is 89.5 Å². The Labute approximate surface area is 176 Å². The first-order valence-electron chi connectivity index (χ1n) is 9.63. The number of benzene rings is 3. The molecule has 1 aliphatic carbocycles. The summed E-state index contributed by atoms with van der Waals surface area (Å²) in [4.78, 5) is 4.73. The lowest BCUT2D eigenvalue weighted by Gasteiger charge is -2.13. The van der Waals surface area contributed by atoms with Gasteiger partial charge in [0.15, 0.2) is 0 Å². The van der Waals surface area contributed by atoms with Gasteiger partial charge in [0.1, 0.15) is 11.5 Å². The molecule has 1 heterocycles. The van der Waals surface area contributed by atoms with Gasteiger partial charge in [0.25, 0.3) is 0 Å². The third kappa shape index (κ3) is 3.30. The van der Waals surface area contributed by atoms with Crippen LogP contribution in [0.4, 0.5) is 13.2 Å². The van der Waals surface area contributed by atoms with Crippen LogP contribution < -0.4 is 0 Å². The monoisotopic (exact) mass is 419 g/mol. The first-order valence-corrected chi connectivity index (χ1v) is 9.63. The Bertz CT molecular complexity index is 1290. The van der Waals surface area contributed by atoms with Crippen LogP contribution in [-0.2, 0) is 12.6 Å². The first kappa shape index (κ1) is 19.2. The Morgan fingerprint density at radius 3 is 2.16 bits per heavy atom. The Hall–Kier alpha value is -3.80. The van der Waals surface area contributed by atoms with E-state index >= 15 is 0 Å². The number of pyridine rings is 1. The average molecular weight is 419 g/mol. The van der Waals surface area contributed by atoms with Gasteiger partial charge in [0.05, 0.1) is 17.0 Å². The molecule has 0 aliphatic heterocycles. The zero-order valence-electron chi connectivity index (χ0n) is 16.1. The second-order valence-electron chi connectivity index (χ2n) is 7.49. The van der Waals surface area contributed by atoms with Gasteiger partial charge >= 0.3 is 6.18 Å². The van der Waals surface area contributed by atoms with Crippen molar-refractivity contribution < 1.29 is 23.4 Å². The van der Waals surface area contributed by atoms with E-state index < -0.39 is 11.7 Å². The van der Waals surface area contributed by atoms with Gasteiger partial charge in [-0.2, -0.15) is 13.2 Å². The molecule has 1 aromatic heterocycles. The van der Waals surface area contributed by atoms with E-state index in [1.54, 1.807) is 36.4 Å². The van der Waals surface area contributed by atoms with Gasteiger partial charge in [-0.15, -0.1) is 0 Å². The van der Waals surface area contributed by atoms with Crippen LogP contribution in [0.1, 0.15) is 16.7 Å². The molecular formula is C25H16F3NO2. The van der Waals surface area contributed by atoms with Gasteiger partial charge in [-0.25, -0.2) is 4.98 Å².